The molecule has 24 heavy (non-hydrogen) atoms. The summed E-state index contributed by atoms with van der Waals surface area (Å²) in [7, 11) is -3.83. The number of carbonyl (C=O) groups excluding carboxylic acids is 1. The van der Waals surface area contributed by atoms with Crippen molar-refractivity contribution in [2.75, 3.05) is 6.54 Å². The van der Waals surface area contributed by atoms with Crippen molar-refractivity contribution in [3.63, 3.8) is 0 Å². The zero-order chi connectivity index (χ0) is 17.6. The average Bonchev–Trinajstić information content (AvgIpc) is 3.06. The molecule has 2 N–H and O–H groups in total. The number of nitro groups is 1. The summed E-state index contributed by atoms with van der Waals surface area (Å²) in [5.41, 5.74) is -0.203. The topological polar surface area (TPSA) is 132 Å². The van der Waals surface area contributed by atoms with Gasteiger partial charge in [-0.15, -0.1) is 0 Å². The fourth-order valence-corrected chi connectivity index (χ4v) is 2.85. The van der Waals surface area contributed by atoms with Crippen molar-refractivity contribution in [3.8, 4) is 0 Å². The fraction of sp³-hybridized carbons (Fsp3) is 0.214. The maximum absolute atomic E-state index is 12.0. The van der Waals surface area contributed by atoms with Gasteiger partial charge in [0.25, 0.3) is 5.69 Å². The van der Waals surface area contributed by atoms with Crippen LogP contribution in [0.1, 0.15) is 12.2 Å². The van der Waals surface area contributed by atoms with E-state index in [4.69, 9.17) is 4.42 Å². The van der Waals surface area contributed by atoms with E-state index in [1.807, 2.05) is 0 Å². The maximum Gasteiger partial charge on any atom is 0.269 e. The summed E-state index contributed by atoms with van der Waals surface area (Å²) in [4.78, 5) is 21.4. The molecular formula is C14H15N3O6S. The Morgan fingerprint density at radius 1 is 1.21 bits per heavy atom. The van der Waals surface area contributed by atoms with Crippen molar-refractivity contribution in [2.24, 2.45) is 0 Å². The smallest absolute Gasteiger partial charge is 0.269 e. The first-order valence-electron chi connectivity index (χ1n) is 6.92. The number of nitro benzene ring substituents is 1. The fourth-order valence-electron chi connectivity index (χ4n) is 1.82. The number of hydrogen-bond acceptors (Lipinski definition) is 6. The first-order chi connectivity index (χ1) is 11.4. The number of rotatable bonds is 8. The van der Waals surface area contributed by atoms with Crippen molar-refractivity contribution in [3.05, 3.63) is 58.5 Å². The zero-order valence-electron chi connectivity index (χ0n) is 12.5. The van der Waals surface area contributed by atoms with Gasteiger partial charge in [-0.2, -0.15) is 0 Å². The molecule has 9 nitrogen and oxygen atoms in total. The normalized spacial score (nSPS) is 11.2. The SMILES string of the molecule is O=C(CCNS(=O)(=O)c1ccc([N+](=O)[O-])cc1)NCc1ccco1. The number of hydrogen-bond donors (Lipinski definition) is 2. The minimum Gasteiger partial charge on any atom is -0.467 e. The number of sulfonamides is 1. The first kappa shape index (κ1) is 17.6. The van der Waals surface area contributed by atoms with Crippen LogP contribution in [0.4, 0.5) is 5.69 Å². The number of nitrogens with zero attached hydrogens (tertiary/aromatic N) is 1. The van der Waals surface area contributed by atoms with Crippen molar-refractivity contribution in [2.45, 2.75) is 17.9 Å². The Balaban J connectivity index is 1.81. The summed E-state index contributed by atoms with van der Waals surface area (Å²) in [5.74, 6) is 0.257. The zero-order valence-corrected chi connectivity index (χ0v) is 13.3. The van der Waals surface area contributed by atoms with Crippen molar-refractivity contribution >= 4 is 21.6 Å². The van der Waals surface area contributed by atoms with E-state index in [-0.39, 0.29) is 36.0 Å². The highest BCUT2D eigenvalue weighted by Gasteiger charge is 2.16. The van der Waals surface area contributed by atoms with E-state index in [0.717, 1.165) is 24.3 Å². The lowest BCUT2D eigenvalue weighted by molar-refractivity contribution is -0.384. The molecule has 2 aromatic rings. The minimum atomic E-state index is -3.83. The Kier molecular flexibility index (Phi) is 5.66. The summed E-state index contributed by atoms with van der Waals surface area (Å²) in [6.07, 6.45) is 1.44. The molecule has 0 spiro atoms. The van der Waals surface area contributed by atoms with Crippen LogP contribution in [-0.2, 0) is 21.4 Å². The molecule has 0 aliphatic rings. The largest absolute Gasteiger partial charge is 0.467 e. The Bertz CT molecular complexity index is 800. The Labute approximate surface area is 137 Å². The van der Waals surface area contributed by atoms with Crippen LogP contribution in [0.25, 0.3) is 0 Å². The van der Waals surface area contributed by atoms with Crippen molar-refractivity contribution in [1.29, 1.82) is 0 Å². The lowest BCUT2D eigenvalue weighted by Gasteiger charge is -2.07. The van der Waals surface area contributed by atoms with Gasteiger partial charge in [0.05, 0.1) is 22.6 Å². The third-order valence-corrected chi connectivity index (χ3v) is 4.52. The van der Waals surface area contributed by atoms with Crippen LogP contribution in [0.2, 0.25) is 0 Å². The summed E-state index contributed by atoms with van der Waals surface area (Å²) in [5, 5.41) is 13.1. The molecular weight excluding hydrogens is 338 g/mol. The summed E-state index contributed by atoms with van der Waals surface area (Å²) in [6, 6.07) is 7.88. The number of furan rings is 1. The van der Waals surface area contributed by atoms with Crippen LogP contribution >= 0.6 is 0 Å². The predicted octanol–water partition coefficient (Wildman–Crippen LogP) is 1.17. The highest BCUT2D eigenvalue weighted by atomic mass is 32.2. The molecule has 2 rings (SSSR count). The van der Waals surface area contributed by atoms with Gasteiger partial charge in [0, 0.05) is 25.1 Å². The van der Waals surface area contributed by atoms with Crippen LogP contribution in [0.15, 0.2) is 52.0 Å². The molecule has 1 amide bonds. The second-order valence-corrected chi connectivity index (χ2v) is 6.52. The second kappa shape index (κ2) is 7.70. The molecule has 1 heterocycles. The van der Waals surface area contributed by atoms with Crippen LogP contribution in [0.3, 0.4) is 0 Å². The second-order valence-electron chi connectivity index (χ2n) is 4.75. The van der Waals surface area contributed by atoms with Crippen LogP contribution in [0, 0.1) is 10.1 Å². The molecule has 128 valence electrons. The third-order valence-electron chi connectivity index (χ3n) is 3.04. The number of nitrogens with one attached hydrogen (secondary N) is 2. The molecule has 10 heteroatoms. The summed E-state index contributed by atoms with van der Waals surface area (Å²) < 4.78 is 31.3. The molecule has 0 aliphatic carbocycles. The van der Waals surface area contributed by atoms with E-state index in [1.165, 1.54) is 6.26 Å². The van der Waals surface area contributed by atoms with Gasteiger partial charge in [-0.3, -0.25) is 14.9 Å². The van der Waals surface area contributed by atoms with Crippen molar-refractivity contribution in [1.82, 2.24) is 10.0 Å². The molecule has 0 saturated heterocycles. The molecule has 0 fully saturated rings. The molecule has 0 atom stereocenters. The van der Waals surface area contributed by atoms with Gasteiger partial charge in [0.2, 0.25) is 15.9 Å². The van der Waals surface area contributed by atoms with Crippen LogP contribution in [-0.4, -0.2) is 25.8 Å². The van der Waals surface area contributed by atoms with E-state index < -0.39 is 14.9 Å². The Hall–Kier alpha value is -2.72. The van der Waals surface area contributed by atoms with E-state index in [2.05, 4.69) is 10.0 Å². The van der Waals surface area contributed by atoms with E-state index in [1.54, 1.807) is 12.1 Å². The molecule has 0 aliphatic heterocycles. The number of amides is 1. The molecule has 0 bridgehead atoms. The van der Waals surface area contributed by atoms with Gasteiger partial charge >= 0.3 is 0 Å². The molecule has 0 radical (unpaired) electrons. The van der Waals surface area contributed by atoms with Gasteiger partial charge < -0.3 is 9.73 Å². The highest BCUT2D eigenvalue weighted by molar-refractivity contribution is 7.89. The number of non-ortho nitro benzene ring substituents is 1. The van der Waals surface area contributed by atoms with Crippen molar-refractivity contribution < 1.29 is 22.6 Å². The van der Waals surface area contributed by atoms with Gasteiger partial charge in [0.15, 0.2) is 0 Å². The summed E-state index contributed by atoms with van der Waals surface area (Å²) in [6.45, 7) is 0.129. The quantitative estimate of drug-likeness (QED) is 0.541. The minimum absolute atomic E-state index is 0.0487. The molecule has 1 aromatic heterocycles. The highest BCUT2D eigenvalue weighted by Crippen LogP contribution is 2.15. The molecule has 0 unspecified atom stereocenters. The lowest BCUT2D eigenvalue weighted by atomic mass is 10.3. The van der Waals surface area contributed by atoms with Crippen LogP contribution in [0.5, 0.6) is 0 Å². The molecule has 0 saturated carbocycles. The van der Waals surface area contributed by atoms with E-state index >= 15 is 0 Å². The third kappa shape index (κ3) is 4.89. The maximum atomic E-state index is 12.0. The van der Waals surface area contributed by atoms with Crippen LogP contribution < -0.4 is 10.0 Å². The van der Waals surface area contributed by atoms with Gasteiger partial charge in [0.1, 0.15) is 5.76 Å². The Morgan fingerprint density at radius 2 is 1.92 bits per heavy atom. The average molecular weight is 353 g/mol. The van der Waals surface area contributed by atoms with Gasteiger partial charge in [-0.1, -0.05) is 0 Å². The molecule has 1 aromatic carbocycles. The summed E-state index contributed by atoms with van der Waals surface area (Å²) >= 11 is 0. The first-order valence-corrected chi connectivity index (χ1v) is 8.40. The number of benzene rings is 1. The van der Waals surface area contributed by atoms with E-state index in [0.29, 0.717) is 5.76 Å². The van der Waals surface area contributed by atoms with E-state index in [9.17, 15) is 23.3 Å². The predicted molar refractivity (Wildman–Crippen MR) is 83.5 cm³/mol. The standard InChI is InChI=1S/C14H15N3O6S/c18-14(15-10-12-2-1-9-23-12)7-8-16-24(21,22)13-5-3-11(4-6-13)17(19)20/h1-6,9,16H,7-8,10H2,(H,15,18). The number of carbonyl (C=O) groups is 1. The monoisotopic (exact) mass is 353 g/mol. The lowest BCUT2D eigenvalue weighted by Crippen LogP contribution is -2.30. The Morgan fingerprint density at radius 3 is 2.50 bits per heavy atom. The van der Waals surface area contributed by atoms with Gasteiger partial charge in [-0.05, 0) is 24.3 Å². The van der Waals surface area contributed by atoms with Gasteiger partial charge in [-0.25, -0.2) is 13.1 Å².